The third-order valence-corrected chi connectivity index (χ3v) is 2.41. The Labute approximate surface area is 92.4 Å². The second-order valence-corrected chi connectivity index (χ2v) is 3.93. The predicted octanol–water partition coefficient (Wildman–Crippen LogP) is 3.09. The molecule has 3 heteroatoms. The Morgan fingerprint density at radius 3 is 2.57 bits per heavy atom. The Balaban J connectivity index is 3.10. The normalized spacial score (nSPS) is 10.1. The van der Waals surface area contributed by atoms with Crippen molar-refractivity contribution < 1.29 is 4.79 Å². The van der Waals surface area contributed by atoms with Crippen LogP contribution in [0.4, 0.5) is 0 Å². The molecular formula is C11H22ClNO. The van der Waals surface area contributed by atoms with Gasteiger partial charge in [-0.1, -0.05) is 26.2 Å². The molecule has 0 aliphatic carbocycles. The van der Waals surface area contributed by atoms with Crippen LogP contribution >= 0.6 is 11.6 Å². The number of alkyl halides is 1. The molecule has 0 saturated heterocycles. The molecule has 0 aromatic heterocycles. The summed E-state index contributed by atoms with van der Waals surface area (Å²) in [6.45, 7) is 3.02. The highest BCUT2D eigenvalue weighted by molar-refractivity contribution is 6.17. The van der Waals surface area contributed by atoms with Crippen LogP contribution in [0.5, 0.6) is 0 Å². The molecule has 0 saturated carbocycles. The maximum atomic E-state index is 11.2. The van der Waals surface area contributed by atoms with Gasteiger partial charge in [0.25, 0.3) is 0 Å². The molecule has 1 N–H and O–H groups in total. The van der Waals surface area contributed by atoms with Gasteiger partial charge in [0, 0.05) is 18.8 Å². The van der Waals surface area contributed by atoms with E-state index in [4.69, 9.17) is 11.6 Å². The van der Waals surface area contributed by atoms with Crippen molar-refractivity contribution in [3.05, 3.63) is 0 Å². The lowest BCUT2D eigenvalue weighted by atomic mass is 10.2. The third-order valence-electron chi connectivity index (χ3n) is 2.14. The van der Waals surface area contributed by atoms with Gasteiger partial charge in [-0.3, -0.25) is 4.79 Å². The molecule has 0 aliphatic rings. The summed E-state index contributed by atoms with van der Waals surface area (Å²) in [4.78, 5) is 11.2. The molecule has 0 bridgehead atoms. The minimum atomic E-state index is 0.173. The first-order valence-corrected chi connectivity index (χ1v) is 6.17. The fourth-order valence-corrected chi connectivity index (χ4v) is 1.44. The highest BCUT2D eigenvalue weighted by Gasteiger charge is 1.99. The van der Waals surface area contributed by atoms with Crippen LogP contribution in [0.1, 0.15) is 51.9 Å². The first kappa shape index (κ1) is 13.8. The quantitative estimate of drug-likeness (QED) is 0.469. The molecule has 0 aliphatic heterocycles. The molecule has 0 fully saturated rings. The second kappa shape index (κ2) is 10.8. The molecule has 0 aromatic carbocycles. The zero-order valence-electron chi connectivity index (χ0n) is 9.15. The van der Waals surface area contributed by atoms with E-state index in [0.717, 1.165) is 25.8 Å². The molecule has 0 atom stereocenters. The van der Waals surface area contributed by atoms with Crippen LogP contribution < -0.4 is 5.32 Å². The van der Waals surface area contributed by atoms with Crippen LogP contribution in [0.25, 0.3) is 0 Å². The van der Waals surface area contributed by atoms with Crippen molar-refractivity contribution in [2.24, 2.45) is 0 Å². The maximum Gasteiger partial charge on any atom is 0.219 e. The lowest BCUT2D eigenvalue weighted by Gasteiger charge is -2.03. The molecule has 0 rings (SSSR count). The van der Waals surface area contributed by atoms with E-state index in [1.165, 1.54) is 19.3 Å². The highest BCUT2D eigenvalue weighted by atomic mass is 35.5. The Kier molecular flexibility index (Phi) is 10.7. The molecule has 14 heavy (non-hydrogen) atoms. The molecule has 2 nitrogen and oxygen atoms in total. The Morgan fingerprint density at radius 1 is 1.14 bits per heavy atom. The van der Waals surface area contributed by atoms with Crippen molar-refractivity contribution in [3.8, 4) is 0 Å². The monoisotopic (exact) mass is 219 g/mol. The number of nitrogens with one attached hydrogen (secondary N) is 1. The molecule has 0 radical (unpaired) electrons. The topological polar surface area (TPSA) is 29.1 Å². The van der Waals surface area contributed by atoms with Gasteiger partial charge >= 0.3 is 0 Å². The van der Waals surface area contributed by atoms with Gasteiger partial charge < -0.3 is 5.32 Å². The SMILES string of the molecule is CCCCCCNC(=O)CCCCCl. The summed E-state index contributed by atoms with van der Waals surface area (Å²) in [7, 11) is 0. The average Bonchev–Trinajstić information content (AvgIpc) is 2.18. The van der Waals surface area contributed by atoms with Gasteiger partial charge in [0.2, 0.25) is 5.91 Å². The Morgan fingerprint density at radius 2 is 1.93 bits per heavy atom. The molecule has 0 heterocycles. The molecule has 1 amide bonds. The van der Waals surface area contributed by atoms with Crippen molar-refractivity contribution in [2.75, 3.05) is 12.4 Å². The lowest BCUT2D eigenvalue weighted by Crippen LogP contribution is -2.23. The highest BCUT2D eigenvalue weighted by Crippen LogP contribution is 1.99. The van der Waals surface area contributed by atoms with Gasteiger partial charge in [-0.25, -0.2) is 0 Å². The summed E-state index contributed by atoms with van der Waals surface area (Å²) in [5, 5.41) is 2.92. The van der Waals surface area contributed by atoms with Crippen LogP contribution in [-0.4, -0.2) is 18.3 Å². The summed E-state index contributed by atoms with van der Waals surface area (Å²) < 4.78 is 0. The summed E-state index contributed by atoms with van der Waals surface area (Å²) >= 11 is 5.51. The second-order valence-electron chi connectivity index (χ2n) is 3.56. The van der Waals surface area contributed by atoms with Gasteiger partial charge in [-0.15, -0.1) is 11.6 Å². The third kappa shape index (κ3) is 9.85. The van der Waals surface area contributed by atoms with Gasteiger partial charge in [-0.05, 0) is 19.3 Å². The first-order valence-electron chi connectivity index (χ1n) is 5.64. The number of amides is 1. The van der Waals surface area contributed by atoms with Crippen LogP contribution in [0.3, 0.4) is 0 Å². The van der Waals surface area contributed by atoms with Crippen LogP contribution in [0.15, 0.2) is 0 Å². The van der Waals surface area contributed by atoms with Crippen LogP contribution in [0, 0.1) is 0 Å². The number of rotatable bonds is 9. The fourth-order valence-electron chi connectivity index (χ4n) is 1.25. The van der Waals surface area contributed by atoms with Crippen LogP contribution in [-0.2, 0) is 4.79 Å². The van der Waals surface area contributed by atoms with Gasteiger partial charge in [0.15, 0.2) is 0 Å². The van der Waals surface area contributed by atoms with Crippen molar-refractivity contribution in [2.45, 2.75) is 51.9 Å². The minimum absolute atomic E-state index is 0.173. The molecule has 0 unspecified atom stereocenters. The smallest absolute Gasteiger partial charge is 0.219 e. The zero-order valence-corrected chi connectivity index (χ0v) is 9.91. The van der Waals surface area contributed by atoms with E-state index in [2.05, 4.69) is 12.2 Å². The van der Waals surface area contributed by atoms with E-state index in [0.29, 0.717) is 12.3 Å². The van der Waals surface area contributed by atoms with Crippen LogP contribution in [0.2, 0.25) is 0 Å². The van der Waals surface area contributed by atoms with E-state index in [1.54, 1.807) is 0 Å². The van der Waals surface area contributed by atoms with E-state index in [1.807, 2.05) is 0 Å². The Bertz CT molecular complexity index is 139. The van der Waals surface area contributed by atoms with Crippen molar-refractivity contribution >= 4 is 17.5 Å². The van der Waals surface area contributed by atoms with Gasteiger partial charge in [-0.2, -0.15) is 0 Å². The lowest BCUT2D eigenvalue weighted by molar-refractivity contribution is -0.121. The zero-order chi connectivity index (χ0) is 10.6. The van der Waals surface area contributed by atoms with Crippen molar-refractivity contribution in [1.29, 1.82) is 0 Å². The number of carbonyl (C=O) groups excluding carboxylic acids is 1. The molecule has 84 valence electrons. The standard InChI is InChI=1S/C11H22ClNO/c1-2-3-4-7-10-13-11(14)8-5-6-9-12/h2-10H2,1H3,(H,13,14). The number of halogens is 1. The van der Waals surface area contributed by atoms with Crippen molar-refractivity contribution in [1.82, 2.24) is 5.32 Å². The molecule has 0 spiro atoms. The number of hydrogen-bond donors (Lipinski definition) is 1. The van der Waals surface area contributed by atoms with E-state index in [9.17, 15) is 4.79 Å². The largest absolute Gasteiger partial charge is 0.356 e. The predicted molar refractivity (Wildman–Crippen MR) is 61.7 cm³/mol. The first-order chi connectivity index (χ1) is 6.81. The summed E-state index contributed by atoms with van der Waals surface area (Å²) in [5.74, 6) is 0.829. The number of hydrogen-bond acceptors (Lipinski definition) is 1. The van der Waals surface area contributed by atoms with E-state index >= 15 is 0 Å². The number of carbonyl (C=O) groups is 1. The van der Waals surface area contributed by atoms with E-state index in [-0.39, 0.29) is 5.91 Å². The number of unbranched alkanes of at least 4 members (excludes halogenated alkanes) is 4. The maximum absolute atomic E-state index is 11.2. The molecular weight excluding hydrogens is 198 g/mol. The summed E-state index contributed by atoms with van der Waals surface area (Å²) in [6, 6.07) is 0. The fraction of sp³-hybridized carbons (Fsp3) is 0.909. The Hall–Kier alpha value is -0.240. The summed E-state index contributed by atoms with van der Waals surface area (Å²) in [5.41, 5.74) is 0. The summed E-state index contributed by atoms with van der Waals surface area (Å²) in [6.07, 6.45) is 7.30. The van der Waals surface area contributed by atoms with Crippen molar-refractivity contribution in [3.63, 3.8) is 0 Å². The van der Waals surface area contributed by atoms with E-state index < -0.39 is 0 Å². The minimum Gasteiger partial charge on any atom is -0.356 e. The average molecular weight is 220 g/mol. The van der Waals surface area contributed by atoms with Gasteiger partial charge in [0.05, 0.1) is 0 Å². The molecule has 0 aromatic rings. The van der Waals surface area contributed by atoms with Gasteiger partial charge in [0.1, 0.15) is 0 Å².